The molecule has 4 aromatic rings. The Morgan fingerprint density at radius 1 is 0.788 bits per heavy atom. The number of rotatable bonds is 22. The first kappa shape index (κ1) is 40.1. The standard InChI is InChI=1S/C43H51ClN2O6/c1-3-4-5-6-7-8-9-10-11-12-13-17-26-52-40-30-46(41(48)29-38(40)37-28-34(44)22-25-36(37)31(2)47)39(27-32-18-15-14-16-19-32)42(49)45-35-23-20-33(21-24-35)43(50)51/h14-16,18-25,28-30,39H,3-13,17,26-27H2,1-2H3,(H,45,49)(H,50,51). The quantitative estimate of drug-likeness (QED) is 0.0615. The van der Waals surface area contributed by atoms with Crippen molar-refractivity contribution in [1.29, 1.82) is 0 Å². The molecule has 1 aromatic heterocycles. The number of aromatic carboxylic acids is 1. The summed E-state index contributed by atoms with van der Waals surface area (Å²) >= 11 is 6.40. The van der Waals surface area contributed by atoms with E-state index in [1.165, 1.54) is 99.6 Å². The van der Waals surface area contributed by atoms with Gasteiger partial charge in [-0.25, -0.2) is 4.79 Å². The number of pyridine rings is 1. The summed E-state index contributed by atoms with van der Waals surface area (Å²) in [5.74, 6) is -1.35. The first-order valence-corrected chi connectivity index (χ1v) is 18.9. The highest BCUT2D eigenvalue weighted by Crippen LogP contribution is 2.35. The van der Waals surface area contributed by atoms with Crippen molar-refractivity contribution in [1.82, 2.24) is 4.57 Å². The Bertz CT molecular complexity index is 1820. The maximum absolute atomic E-state index is 14.0. The number of amides is 1. The van der Waals surface area contributed by atoms with Gasteiger partial charge in [0.2, 0.25) is 5.91 Å². The van der Waals surface area contributed by atoms with Gasteiger partial charge in [0.15, 0.2) is 5.78 Å². The van der Waals surface area contributed by atoms with E-state index >= 15 is 0 Å². The van der Waals surface area contributed by atoms with Crippen LogP contribution in [0.25, 0.3) is 11.1 Å². The van der Waals surface area contributed by atoms with Crippen molar-refractivity contribution in [2.75, 3.05) is 11.9 Å². The van der Waals surface area contributed by atoms with Gasteiger partial charge in [-0.05, 0) is 66.9 Å². The van der Waals surface area contributed by atoms with E-state index in [2.05, 4.69) is 12.2 Å². The average molecular weight is 727 g/mol. The number of Topliss-reactive ketones (excluding diaryl/α,β-unsaturated/α-hetero) is 1. The molecule has 2 N–H and O–H groups in total. The van der Waals surface area contributed by atoms with Crippen LogP contribution in [0.2, 0.25) is 5.02 Å². The van der Waals surface area contributed by atoms with Crippen LogP contribution in [0.3, 0.4) is 0 Å². The van der Waals surface area contributed by atoms with Crippen LogP contribution in [0.5, 0.6) is 5.75 Å². The number of hydrogen-bond acceptors (Lipinski definition) is 5. The van der Waals surface area contributed by atoms with Crippen LogP contribution in [-0.2, 0) is 11.2 Å². The van der Waals surface area contributed by atoms with Gasteiger partial charge in [0, 0.05) is 34.3 Å². The molecular weight excluding hydrogens is 676 g/mol. The number of benzene rings is 3. The molecule has 0 aliphatic carbocycles. The molecule has 0 fully saturated rings. The molecule has 8 nitrogen and oxygen atoms in total. The van der Waals surface area contributed by atoms with Gasteiger partial charge < -0.3 is 15.2 Å². The van der Waals surface area contributed by atoms with Gasteiger partial charge in [-0.1, -0.05) is 119 Å². The second-order valence-corrected chi connectivity index (χ2v) is 13.8. The summed E-state index contributed by atoms with van der Waals surface area (Å²) in [7, 11) is 0. The zero-order valence-electron chi connectivity index (χ0n) is 30.4. The summed E-state index contributed by atoms with van der Waals surface area (Å²) < 4.78 is 7.75. The third-order valence-electron chi connectivity index (χ3n) is 9.26. The highest BCUT2D eigenvalue weighted by atomic mass is 35.5. The minimum Gasteiger partial charge on any atom is -0.491 e. The first-order valence-electron chi connectivity index (χ1n) is 18.6. The topological polar surface area (TPSA) is 115 Å². The molecule has 1 heterocycles. The SMILES string of the molecule is CCCCCCCCCCCCCCOc1cn(C(Cc2ccccc2)C(=O)Nc2ccc(C(=O)O)cc2)c(=O)cc1-c1cc(Cl)ccc1C(C)=O. The smallest absolute Gasteiger partial charge is 0.335 e. The predicted molar refractivity (Wildman–Crippen MR) is 209 cm³/mol. The van der Waals surface area contributed by atoms with Gasteiger partial charge in [-0.2, -0.15) is 0 Å². The molecule has 0 aliphatic heterocycles. The summed E-state index contributed by atoms with van der Waals surface area (Å²) in [4.78, 5) is 51.9. The van der Waals surface area contributed by atoms with E-state index in [-0.39, 0.29) is 17.8 Å². The second kappa shape index (κ2) is 21.0. The van der Waals surface area contributed by atoms with Crippen LogP contribution < -0.4 is 15.6 Å². The zero-order chi connectivity index (χ0) is 37.3. The Morgan fingerprint density at radius 3 is 2.00 bits per heavy atom. The molecule has 0 saturated carbocycles. The molecule has 1 amide bonds. The van der Waals surface area contributed by atoms with Crippen LogP contribution >= 0.6 is 11.6 Å². The highest BCUT2D eigenvalue weighted by molar-refractivity contribution is 6.31. The van der Waals surface area contributed by atoms with Crippen molar-refractivity contribution in [3.05, 3.63) is 117 Å². The van der Waals surface area contributed by atoms with Gasteiger partial charge in [-0.15, -0.1) is 0 Å². The lowest BCUT2D eigenvalue weighted by atomic mass is 9.97. The number of carboxylic acid groups (broad SMARTS) is 1. The maximum atomic E-state index is 14.0. The minimum absolute atomic E-state index is 0.0894. The molecule has 0 bridgehead atoms. The Balaban J connectivity index is 1.57. The number of aromatic nitrogens is 1. The van der Waals surface area contributed by atoms with E-state index in [1.54, 1.807) is 24.4 Å². The van der Waals surface area contributed by atoms with Crippen LogP contribution in [0.4, 0.5) is 5.69 Å². The molecule has 0 spiro atoms. The largest absolute Gasteiger partial charge is 0.491 e. The molecule has 1 atom stereocenters. The van der Waals surface area contributed by atoms with Gasteiger partial charge in [0.1, 0.15) is 11.8 Å². The molecule has 0 saturated heterocycles. The van der Waals surface area contributed by atoms with Crippen molar-refractivity contribution in [3.63, 3.8) is 0 Å². The fourth-order valence-corrected chi connectivity index (χ4v) is 6.52. The zero-order valence-corrected chi connectivity index (χ0v) is 31.1. The third-order valence-corrected chi connectivity index (χ3v) is 9.50. The van der Waals surface area contributed by atoms with Crippen molar-refractivity contribution in [3.8, 4) is 16.9 Å². The number of anilines is 1. The molecular formula is C43H51ClN2O6. The Morgan fingerprint density at radius 2 is 1.40 bits per heavy atom. The van der Waals surface area contributed by atoms with Crippen LogP contribution in [0.1, 0.15) is 123 Å². The summed E-state index contributed by atoms with van der Waals surface area (Å²) in [5.41, 5.74) is 2.18. The van der Waals surface area contributed by atoms with Crippen LogP contribution in [-0.4, -0.2) is 33.9 Å². The lowest BCUT2D eigenvalue weighted by molar-refractivity contribution is -0.119. The lowest BCUT2D eigenvalue weighted by Gasteiger charge is -2.22. The third kappa shape index (κ3) is 12.2. The molecule has 0 aliphatic rings. The number of nitrogens with zero attached hydrogens (tertiary/aromatic N) is 1. The lowest BCUT2D eigenvalue weighted by Crippen LogP contribution is -2.34. The number of unbranched alkanes of at least 4 members (excludes halogenated alkanes) is 11. The summed E-state index contributed by atoms with van der Waals surface area (Å²) in [5, 5.41) is 12.6. The van der Waals surface area contributed by atoms with Gasteiger partial charge >= 0.3 is 5.97 Å². The summed E-state index contributed by atoms with van der Waals surface area (Å²) in [6.07, 6.45) is 16.3. The van der Waals surface area contributed by atoms with E-state index in [0.717, 1.165) is 24.8 Å². The number of halogens is 1. The average Bonchev–Trinajstić information content (AvgIpc) is 3.13. The Labute approximate surface area is 312 Å². The fraction of sp³-hybridized carbons (Fsp3) is 0.395. The van der Waals surface area contributed by atoms with Crippen LogP contribution in [0.15, 0.2) is 89.9 Å². The number of ether oxygens (including phenoxy) is 1. The van der Waals surface area contributed by atoms with E-state index in [0.29, 0.717) is 39.8 Å². The fourth-order valence-electron chi connectivity index (χ4n) is 6.35. The monoisotopic (exact) mass is 726 g/mol. The number of carbonyl (C=O) groups is 3. The first-order chi connectivity index (χ1) is 25.2. The van der Waals surface area contributed by atoms with Gasteiger partial charge in [-0.3, -0.25) is 19.0 Å². The molecule has 4 rings (SSSR count). The van der Waals surface area contributed by atoms with Gasteiger partial charge in [0.05, 0.1) is 18.4 Å². The second-order valence-electron chi connectivity index (χ2n) is 13.4. The van der Waals surface area contributed by atoms with Crippen LogP contribution in [0, 0.1) is 0 Å². The van der Waals surface area contributed by atoms with E-state index in [9.17, 15) is 24.3 Å². The van der Waals surface area contributed by atoms with Crippen molar-refractivity contribution >= 4 is 34.9 Å². The number of ketones is 1. The molecule has 0 radical (unpaired) electrons. The molecule has 276 valence electrons. The molecule has 52 heavy (non-hydrogen) atoms. The number of carbonyl (C=O) groups excluding carboxylic acids is 2. The minimum atomic E-state index is -1.07. The number of carboxylic acids is 1. The molecule has 1 unspecified atom stereocenters. The Kier molecular flexibility index (Phi) is 16.2. The number of hydrogen-bond donors (Lipinski definition) is 2. The normalized spacial score (nSPS) is 11.6. The highest BCUT2D eigenvalue weighted by Gasteiger charge is 2.25. The molecule has 3 aromatic carbocycles. The van der Waals surface area contributed by atoms with E-state index < -0.39 is 23.5 Å². The van der Waals surface area contributed by atoms with Crippen molar-refractivity contribution < 1.29 is 24.2 Å². The maximum Gasteiger partial charge on any atom is 0.335 e. The van der Waals surface area contributed by atoms with E-state index in [4.69, 9.17) is 16.3 Å². The number of nitrogens with one attached hydrogen (secondary N) is 1. The van der Waals surface area contributed by atoms with Crippen molar-refractivity contribution in [2.24, 2.45) is 0 Å². The Hall–Kier alpha value is -4.69. The predicted octanol–water partition coefficient (Wildman–Crippen LogP) is 10.6. The van der Waals surface area contributed by atoms with E-state index in [1.807, 2.05) is 30.3 Å². The molecule has 9 heteroatoms. The van der Waals surface area contributed by atoms with Crippen molar-refractivity contribution in [2.45, 2.75) is 103 Å². The summed E-state index contributed by atoms with van der Waals surface area (Å²) in [6.45, 7) is 4.10. The summed E-state index contributed by atoms with van der Waals surface area (Å²) in [6, 6.07) is 20.6. The van der Waals surface area contributed by atoms with Gasteiger partial charge in [0.25, 0.3) is 5.56 Å².